The van der Waals surface area contributed by atoms with Gasteiger partial charge >= 0.3 is 5.97 Å². The van der Waals surface area contributed by atoms with Crippen LogP contribution in [-0.4, -0.2) is 62.7 Å². The molecule has 1 aromatic carbocycles. The lowest BCUT2D eigenvalue weighted by molar-refractivity contribution is -0.247. The van der Waals surface area contributed by atoms with Crippen molar-refractivity contribution in [2.75, 3.05) is 6.54 Å². The lowest BCUT2D eigenvalue weighted by atomic mass is 9.88. The number of esters is 1. The molecule has 0 spiro atoms. The van der Waals surface area contributed by atoms with Crippen LogP contribution < -0.4 is 0 Å². The van der Waals surface area contributed by atoms with Gasteiger partial charge in [0, 0.05) is 12.5 Å². The van der Waals surface area contributed by atoms with Crippen LogP contribution in [0.1, 0.15) is 64.9 Å². The SMILES string of the molecule is CCC(Cc1cccc(O)c1)C(C)OC(=O)C1CCCCN1C(=O)C(=O)C1(O)OC(S)CCC1C. The summed E-state index contributed by atoms with van der Waals surface area (Å²) in [6, 6.07) is 6.10. The molecule has 35 heavy (non-hydrogen) atoms. The van der Waals surface area contributed by atoms with Crippen molar-refractivity contribution in [2.45, 2.75) is 89.1 Å². The number of hydrogen-bond donors (Lipinski definition) is 3. The third-order valence-corrected chi connectivity index (χ3v) is 7.65. The summed E-state index contributed by atoms with van der Waals surface area (Å²) in [4.78, 5) is 40.7. The molecule has 1 amide bonds. The Bertz CT molecular complexity index is 925. The number of Topliss-reactive ketones (excluding diaryl/α,β-unsaturated/α-hetero) is 1. The highest BCUT2D eigenvalue weighted by atomic mass is 32.1. The van der Waals surface area contributed by atoms with Gasteiger partial charge in [0.15, 0.2) is 0 Å². The molecule has 0 aromatic heterocycles. The third-order valence-electron chi connectivity index (χ3n) is 7.28. The topological polar surface area (TPSA) is 113 Å². The van der Waals surface area contributed by atoms with E-state index >= 15 is 0 Å². The van der Waals surface area contributed by atoms with E-state index in [-0.39, 0.29) is 18.2 Å². The Morgan fingerprint density at radius 3 is 2.69 bits per heavy atom. The molecule has 0 bridgehead atoms. The molecule has 8 nitrogen and oxygen atoms in total. The molecule has 194 valence electrons. The first-order valence-corrected chi connectivity index (χ1v) is 13.0. The predicted molar refractivity (Wildman–Crippen MR) is 133 cm³/mol. The number of ketones is 1. The molecule has 0 aliphatic carbocycles. The van der Waals surface area contributed by atoms with Gasteiger partial charge in [-0.15, -0.1) is 12.6 Å². The van der Waals surface area contributed by atoms with Crippen molar-refractivity contribution >= 4 is 30.3 Å². The maximum atomic E-state index is 13.2. The van der Waals surface area contributed by atoms with E-state index in [0.717, 1.165) is 18.4 Å². The monoisotopic (exact) mass is 507 g/mol. The number of rotatable bonds is 8. The van der Waals surface area contributed by atoms with Crippen molar-refractivity contribution in [1.29, 1.82) is 0 Å². The van der Waals surface area contributed by atoms with E-state index < -0.39 is 46.9 Å². The highest BCUT2D eigenvalue weighted by Gasteiger charge is 2.52. The van der Waals surface area contributed by atoms with Crippen molar-refractivity contribution in [1.82, 2.24) is 4.90 Å². The Morgan fingerprint density at radius 1 is 1.26 bits per heavy atom. The highest BCUT2D eigenvalue weighted by molar-refractivity contribution is 7.80. The zero-order valence-corrected chi connectivity index (χ0v) is 21.6. The second kappa shape index (κ2) is 11.8. The van der Waals surface area contributed by atoms with Crippen molar-refractivity contribution in [3.63, 3.8) is 0 Å². The molecule has 2 fully saturated rings. The molecule has 1 aromatic rings. The third kappa shape index (κ3) is 6.37. The van der Waals surface area contributed by atoms with Gasteiger partial charge in [-0.05, 0) is 75.5 Å². The number of piperidine rings is 1. The first-order valence-electron chi connectivity index (χ1n) is 12.5. The summed E-state index contributed by atoms with van der Waals surface area (Å²) in [5.41, 5.74) is 0.297. The summed E-state index contributed by atoms with van der Waals surface area (Å²) in [6.07, 6.45) is 3.76. The minimum atomic E-state index is -2.25. The van der Waals surface area contributed by atoms with Crippen LogP contribution in [0.15, 0.2) is 24.3 Å². The first-order chi connectivity index (χ1) is 16.6. The minimum Gasteiger partial charge on any atom is -0.508 e. The number of thiol groups is 1. The fourth-order valence-electron chi connectivity index (χ4n) is 4.94. The Kier molecular flexibility index (Phi) is 9.23. The number of carbonyl (C=O) groups excluding carboxylic acids is 3. The van der Waals surface area contributed by atoms with E-state index in [4.69, 9.17) is 9.47 Å². The molecule has 0 radical (unpaired) electrons. The van der Waals surface area contributed by atoms with Gasteiger partial charge in [0.25, 0.3) is 11.7 Å². The number of phenolic OH excluding ortho intramolecular Hbond substituents is 1. The number of carbonyl (C=O) groups is 3. The number of amides is 1. The van der Waals surface area contributed by atoms with Crippen molar-refractivity contribution in [3.05, 3.63) is 29.8 Å². The predicted octanol–water partition coefficient (Wildman–Crippen LogP) is 3.23. The van der Waals surface area contributed by atoms with Gasteiger partial charge in [-0.25, -0.2) is 4.79 Å². The summed E-state index contributed by atoms with van der Waals surface area (Å²) in [7, 11) is 0. The van der Waals surface area contributed by atoms with E-state index in [9.17, 15) is 24.6 Å². The average molecular weight is 508 g/mol. The van der Waals surface area contributed by atoms with Gasteiger partial charge < -0.3 is 24.6 Å². The second-order valence-corrected chi connectivity index (χ2v) is 10.3. The van der Waals surface area contributed by atoms with Gasteiger partial charge in [-0.1, -0.05) is 26.0 Å². The minimum absolute atomic E-state index is 0.0136. The second-order valence-electron chi connectivity index (χ2n) is 9.77. The van der Waals surface area contributed by atoms with E-state index in [2.05, 4.69) is 12.6 Å². The maximum absolute atomic E-state index is 13.2. The fraction of sp³-hybridized carbons (Fsp3) is 0.654. The van der Waals surface area contributed by atoms with E-state index in [1.807, 2.05) is 19.9 Å². The van der Waals surface area contributed by atoms with Crippen molar-refractivity contribution in [3.8, 4) is 5.75 Å². The summed E-state index contributed by atoms with van der Waals surface area (Å²) in [6.45, 7) is 5.72. The summed E-state index contributed by atoms with van der Waals surface area (Å²) < 4.78 is 11.2. The number of nitrogens with zero attached hydrogens (tertiary/aromatic N) is 1. The Labute approximate surface area is 212 Å². The van der Waals surface area contributed by atoms with Gasteiger partial charge in [-0.2, -0.15) is 0 Å². The van der Waals surface area contributed by atoms with Gasteiger partial charge in [0.05, 0.1) is 0 Å². The number of hydrogen-bond acceptors (Lipinski definition) is 8. The molecule has 2 aliphatic rings. The zero-order valence-electron chi connectivity index (χ0n) is 20.7. The summed E-state index contributed by atoms with van der Waals surface area (Å²) >= 11 is 4.22. The number of benzene rings is 1. The lowest BCUT2D eigenvalue weighted by Gasteiger charge is -2.41. The summed E-state index contributed by atoms with van der Waals surface area (Å²) in [5, 5.41) is 20.7. The van der Waals surface area contributed by atoms with E-state index in [1.165, 1.54) is 4.90 Å². The maximum Gasteiger partial charge on any atom is 0.329 e. The number of aromatic hydroxyl groups is 1. The molecule has 0 saturated carbocycles. The zero-order chi connectivity index (χ0) is 25.8. The van der Waals surface area contributed by atoms with Crippen LogP contribution in [0.3, 0.4) is 0 Å². The van der Waals surface area contributed by atoms with Gasteiger partial charge in [0.2, 0.25) is 5.79 Å². The van der Waals surface area contributed by atoms with E-state index in [0.29, 0.717) is 32.1 Å². The van der Waals surface area contributed by atoms with Crippen LogP contribution in [0.2, 0.25) is 0 Å². The van der Waals surface area contributed by atoms with Crippen LogP contribution in [0.4, 0.5) is 0 Å². The molecule has 3 rings (SSSR count). The Hall–Kier alpha value is -2.10. The first kappa shape index (κ1) is 27.5. The fourth-order valence-corrected chi connectivity index (χ4v) is 5.25. The van der Waals surface area contributed by atoms with Gasteiger partial charge in [-0.3, -0.25) is 9.59 Å². The Morgan fingerprint density at radius 2 is 2.00 bits per heavy atom. The Balaban J connectivity index is 1.69. The highest BCUT2D eigenvalue weighted by Crippen LogP contribution is 2.35. The molecule has 2 saturated heterocycles. The number of likely N-dealkylation sites (tertiary alicyclic amines) is 1. The summed E-state index contributed by atoms with van der Waals surface area (Å²) in [5.74, 6) is -5.17. The normalized spacial score (nSPS) is 28.7. The standard InChI is InChI=1S/C26H37NO7S/c1-4-19(14-18-8-7-9-20(28)15-18)17(3)33-25(31)21-10-5-6-13-27(21)24(30)23(29)26(32)16(2)11-12-22(35)34-26/h7-9,15-17,19,21-22,28,32,35H,4-6,10-14H2,1-3H3. The van der Waals surface area contributed by atoms with Crippen molar-refractivity contribution < 1.29 is 34.1 Å². The molecule has 6 atom stereocenters. The molecule has 2 N–H and O–H groups in total. The smallest absolute Gasteiger partial charge is 0.329 e. The average Bonchev–Trinajstić information content (AvgIpc) is 2.84. The van der Waals surface area contributed by atoms with Gasteiger partial charge in [0.1, 0.15) is 23.3 Å². The molecule has 2 heterocycles. The van der Waals surface area contributed by atoms with Crippen LogP contribution >= 0.6 is 12.6 Å². The van der Waals surface area contributed by atoms with Crippen LogP contribution in [0, 0.1) is 11.8 Å². The molecular formula is C26H37NO7S. The van der Waals surface area contributed by atoms with E-state index in [1.54, 1.807) is 25.1 Å². The number of aliphatic hydroxyl groups is 1. The molecular weight excluding hydrogens is 470 g/mol. The van der Waals surface area contributed by atoms with Crippen LogP contribution in [0.5, 0.6) is 5.75 Å². The van der Waals surface area contributed by atoms with Crippen molar-refractivity contribution in [2.24, 2.45) is 11.8 Å². The van der Waals surface area contributed by atoms with Crippen LogP contribution in [0.25, 0.3) is 0 Å². The quantitative estimate of drug-likeness (QED) is 0.281. The largest absolute Gasteiger partial charge is 0.508 e. The number of phenols is 1. The molecule has 9 heteroatoms. The molecule has 6 unspecified atom stereocenters. The van der Waals surface area contributed by atoms with Crippen LogP contribution in [-0.2, 0) is 30.3 Å². The number of ether oxygens (including phenoxy) is 2. The molecule has 2 aliphatic heterocycles. The lowest BCUT2D eigenvalue weighted by Crippen LogP contribution is -2.60.